The van der Waals surface area contributed by atoms with Gasteiger partial charge in [0.15, 0.2) is 0 Å². The van der Waals surface area contributed by atoms with Crippen LogP contribution in [0.15, 0.2) is 28.7 Å². The van der Waals surface area contributed by atoms with Gasteiger partial charge in [-0.3, -0.25) is 9.59 Å². The third-order valence-corrected chi connectivity index (χ3v) is 3.68. The highest BCUT2D eigenvalue weighted by atomic mass is 19.1. The van der Waals surface area contributed by atoms with Gasteiger partial charge in [-0.2, -0.15) is 0 Å². The van der Waals surface area contributed by atoms with Gasteiger partial charge in [0.05, 0.1) is 18.7 Å². The van der Waals surface area contributed by atoms with E-state index in [0.717, 1.165) is 12.8 Å². The molecule has 0 spiro atoms. The first-order valence-corrected chi connectivity index (χ1v) is 7.79. The minimum absolute atomic E-state index is 0.00135. The van der Waals surface area contributed by atoms with Crippen LogP contribution in [-0.4, -0.2) is 29.4 Å². The van der Waals surface area contributed by atoms with E-state index >= 15 is 0 Å². The summed E-state index contributed by atoms with van der Waals surface area (Å²) < 4.78 is 18.8. The molecule has 126 valence electrons. The fourth-order valence-electron chi connectivity index (χ4n) is 2.24. The van der Waals surface area contributed by atoms with Crippen molar-refractivity contribution in [1.82, 2.24) is 15.6 Å². The molecule has 3 rings (SSSR count). The molecule has 0 saturated heterocycles. The number of carbonyl (C=O) groups excluding carboxylic acids is 2. The standard InChI is InChI=1S/C17H18FN3O3/c1-10-14(8-15(22)19-9-16(23)20-13-5-6-13)21-17(24-10)11-3-2-4-12(18)7-11/h2-4,7,13H,5-6,8-9H2,1H3,(H,19,22)(H,20,23). The molecule has 0 radical (unpaired) electrons. The summed E-state index contributed by atoms with van der Waals surface area (Å²) in [6, 6.07) is 6.16. The van der Waals surface area contributed by atoms with Crippen molar-refractivity contribution in [2.45, 2.75) is 32.2 Å². The number of aryl methyl sites for hydroxylation is 1. The second-order valence-corrected chi connectivity index (χ2v) is 5.83. The number of benzene rings is 1. The van der Waals surface area contributed by atoms with E-state index in [1.54, 1.807) is 19.1 Å². The van der Waals surface area contributed by atoms with E-state index in [9.17, 15) is 14.0 Å². The molecule has 1 aliphatic rings. The number of rotatable bonds is 6. The van der Waals surface area contributed by atoms with Crippen LogP contribution < -0.4 is 10.6 Å². The predicted octanol–water partition coefficient (Wildman–Crippen LogP) is 1.73. The van der Waals surface area contributed by atoms with Gasteiger partial charge in [-0.1, -0.05) is 6.07 Å². The minimum atomic E-state index is -0.385. The molecule has 7 heteroatoms. The Morgan fingerprint density at radius 3 is 2.83 bits per heavy atom. The van der Waals surface area contributed by atoms with Gasteiger partial charge in [-0.05, 0) is 38.0 Å². The van der Waals surface area contributed by atoms with Gasteiger partial charge in [-0.15, -0.1) is 0 Å². The van der Waals surface area contributed by atoms with E-state index in [1.165, 1.54) is 12.1 Å². The summed E-state index contributed by atoms with van der Waals surface area (Å²) >= 11 is 0. The first kappa shape index (κ1) is 16.2. The van der Waals surface area contributed by atoms with Gasteiger partial charge in [0.1, 0.15) is 11.6 Å². The summed E-state index contributed by atoms with van der Waals surface area (Å²) in [6.45, 7) is 1.64. The quantitative estimate of drug-likeness (QED) is 0.844. The van der Waals surface area contributed by atoms with Crippen molar-refractivity contribution in [3.63, 3.8) is 0 Å². The van der Waals surface area contributed by atoms with Crippen molar-refractivity contribution >= 4 is 11.8 Å². The number of nitrogens with zero attached hydrogens (tertiary/aromatic N) is 1. The summed E-state index contributed by atoms with van der Waals surface area (Å²) in [5.41, 5.74) is 0.975. The highest BCUT2D eigenvalue weighted by Crippen LogP contribution is 2.22. The number of hydrogen-bond acceptors (Lipinski definition) is 4. The first-order chi connectivity index (χ1) is 11.5. The van der Waals surface area contributed by atoms with Crippen LogP contribution in [0.2, 0.25) is 0 Å². The van der Waals surface area contributed by atoms with E-state index < -0.39 is 0 Å². The fraction of sp³-hybridized carbons (Fsp3) is 0.353. The smallest absolute Gasteiger partial charge is 0.239 e. The average molecular weight is 331 g/mol. The van der Waals surface area contributed by atoms with Crippen LogP contribution in [0, 0.1) is 12.7 Å². The molecular formula is C17H18FN3O3. The molecule has 2 N–H and O–H groups in total. The van der Waals surface area contributed by atoms with Crippen LogP contribution >= 0.6 is 0 Å². The Bertz CT molecular complexity index is 768. The largest absolute Gasteiger partial charge is 0.441 e. The van der Waals surface area contributed by atoms with Crippen molar-refractivity contribution in [2.24, 2.45) is 0 Å². The molecule has 1 saturated carbocycles. The summed E-state index contributed by atoms with van der Waals surface area (Å²) in [5.74, 6) is -0.135. The number of amides is 2. The number of aromatic nitrogens is 1. The van der Waals surface area contributed by atoms with Crippen LogP contribution in [0.1, 0.15) is 24.3 Å². The maximum atomic E-state index is 13.3. The zero-order chi connectivity index (χ0) is 17.1. The van der Waals surface area contributed by atoms with Crippen LogP contribution in [0.25, 0.3) is 11.5 Å². The lowest BCUT2D eigenvalue weighted by Crippen LogP contribution is -2.38. The molecule has 1 fully saturated rings. The molecule has 1 heterocycles. The fourth-order valence-corrected chi connectivity index (χ4v) is 2.24. The SMILES string of the molecule is Cc1oc(-c2cccc(F)c2)nc1CC(=O)NCC(=O)NC1CC1. The van der Waals surface area contributed by atoms with E-state index in [1.807, 2.05) is 0 Å². The van der Waals surface area contributed by atoms with Crippen molar-refractivity contribution < 1.29 is 18.4 Å². The number of halogens is 1. The Kier molecular flexibility index (Phi) is 4.59. The van der Waals surface area contributed by atoms with Crippen molar-refractivity contribution in [2.75, 3.05) is 6.54 Å². The van der Waals surface area contributed by atoms with Gasteiger partial charge in [0, 0.05) is 11.6 Å². The van der Waals surface area contributed by atoms with Crippen LogP contribution in [0.4, 0.5) is 4.39 Å². The second kappa shape index (κ2) is 6.82. The van der Waals surface area contributed by atoms with E-state index in [4.69, 9.17) is 4.42 Å². The van der Waals surface area contributed by atoms with E-state index in [0.29, 0.717) is 17.0 Å². The highest BCUT2D eigenvalue weighted by molar-refractivity contribution is 5.85. The molecule has 0 bridgehead atoms. The zero-order valence-corrected chi connectivity index (χ0v) is 13.3. The maximum absolute atomic E-state index is 13.3. The Balaban J connectivity index is 1.58. The molecule has 6 nitrogen and oxygen atoms in total. The summed E-state index contributed by atoms with van der Waals surface area (Å²) in [4.78, 5) is 27.7. The second-order valence-electron chi connectivity index (χ2n) is 5.83. The third-order valence-electron chi connectivity index (χ3n) is 3.68. The van der Waals surface area contributed by atoms with Gasteiger partial charge >= 0.3 is 0 Å². The predicted molar refractivity (Wildman–Crippen MR) is 84.5 cm³/mol. The molecule has 24 heavy (non-hydrogen) atoms. The van der Waals surface area contributed by atoms with Crippen LogP contribution in [0.5, 0.6) is 0 Å². The monoisotopic (exact) mass is 331 g/mol. The van der Waals surface area contributed by atoms with Crippen LogP contribution in [-0.2, 0) is 16.0 Å². The highest BCUT2D eigenvalue weighted by Gasteiger charge is 2.23. The molecule has 1 aromatic heterocycles. The number of oxazole rings is 1. The topological polar surface area (TPSA) is 84.2 Å². The number of nitrogens with one attached hydrogen (secondary N) is 2. The molecule has 1 aliphatic carbocycles. The van der Waals surface area contributed by atoms with Gasteiger partial charge in [0.25, 0.3) is 0 Å². The van der Waals surface area contributed by atoms with Crippen molar-refractivity contribution in [1.29, 1.82) is 0 Å². The molecule has 0 atom stereocenters. The summed E-state index contributed by atoms with van der Waals surface area (Å²) in [7, 11) is 0. The Labute approximate surface area is 138 Å². The Morgan fingerprint density at radius 2 is 2.12 bits per heavy atom. The zero-order valence-electron chi connectivity index (χ0n) is 13.3. The van der Waals surface area contributed by atoms with Crippen molar-refractivity contribution in [3.05, 3.63) is 41.5 Å². The molecule has 1 aromatic carbocycles. The maximum Gasteiger partial charge on any atom is 0.239 e. The van der Waals surface area contributed by atoms with Crippen molar-refractivity contribution in [3.8, 4) is 11.5 Å². The van der Waals surface area contributed by atoms with Gasteiger partial charge in [-0.25, -0.2) is 9.37 Å². The Hall–Kier alpha value is -2.70. The average Bonchev–Trinajstić information content (AvgIpc) is 3.28. The van der Waals surface area contributed by atoms with Crippen LogP contribution in [0.3, 0.4) is 0 Å². The van der Waals surface area contributed by atoms with Gasteiger partial charge < -0.3 is 15.1 Å². The molecule has 0 aliphatic heterocycles. The van der Waals surface area contributed by atoms with E-state index in [-0.39, 0.29) is 42.5 Å². The molecule has 2 amide bonds. The summed E-state index contributed by atoms with van der Waals surface area (Å²) in [6.07, 6.45) is 2.00. The third kappa shape index (κ3) is 4.18. The van der Waals surface area contributed by atoms with Gasteiger partial charge in [0.2, 0.25) is 17.7 Å². The first-order valence-electron chi connectivity index (χ1n) is 7.79. The molecular weight excluding hydrogens is 313 g/mol. The summed E-state index contributed by atoms with van der Waals surface area (Å²) in [5, 5.41) is 5.35. The lowest BCUT2D eigenvalue weighted by atomic mass is 10.2. The minimum Gasteiger partial charge on any atom is -0.441 e. The lowest BCUT2D eigenvalue weighted by molar-refractivity contribution is -0.125. The molecule has 0 unspecified atom stereocenters. The lowest BCUT2D eigenvalue weighted by Gasteiger charge is -2.05. The van der Waals surface area contributed by atoms with E-state index in [2.05, 4.69) is 15.6 Å². The number of hydrogen-bond donors (Lipinski definition) is 2. The molecule has 2 aromatic rings. The number of carbonyl (C=O) groups is 2. The Morgan fingerprint density at radius 1 is 1.33 bits per heavy atom. The normalized spacial score (nSPS) is 13.6.